The van der Waals surface area contributed by atoms with Crippen LogP contribution in [0.2, 0.25) is 0 Å². The molecule has 1 aromatic heterocycles. The predicted octanol–water partition coefficient (Wildman–Crippen LogP) is 3.86. The number of aliphatic imine (C=N–C) groups is 1. The Kier molecular flexibility index (Phi) is 7.35. The third kappa shape index (κ3) is 5.80. The van der Waals surface area contributed by atoms with E-state index in [4.69, 9.17) is 16.7 Å². The van der Waals surface area contributed by atoms with E-state index < -0.39 is 17.2 Å². The summed E-state index contributed by atoms with van der Waals surface area (Å²) in [4.78, 5) is 23.9. The van der Waals surface area contributed by atoms with Gasteiger partial charge in [-0.25, -0.2) is 14.4 Å². The third-order valence-electron chi connectivity index (χ3n) is 5.33. The van der Waals surface area contributed by atoms with Gasteiger partial charge in [0.25, 0.3) is 0 Å². The van der Waals surface area contributed by atoms with Crippen LogP contribution >= 0.6 is 0 Å². The highest BCUT2D eigenvalue weighted by Crippen LogP contribution is 2.31. The minimum absolute atomic E-state index is 0.00709. The summed E-state index contributed by atoms with van der Waals surface area (Å²) in [7, 11) is 0. The Bertz CT molecular complexity index is 1270. The van der Waals surface area contributed by atoms with Crippen LogP contribution in [0, 0.1) is 12.7 Å². The fourth-order valence-electron chi connectivity index (χ4n) is 3.64. The number of hydrogen-bond donors (Lipinski definition) is 3. The minimum Gasteiger partial charge on any atom is -0.481 e. The molecule has 3 aromatic rings. The summed E-state index contributed by atoms with van der Waals surface area (Å²) < 4.78 is 15.1. The van der Waals surface area contributed by atoms with E-state index >= 15 is 4.39 Å². The summed E-state index contributed by atoms with van der Waals surface area (Å²) in [6.07, 6.45) is 1.20. The zero-order valence-electron chi connectivity index (χ0n) is 19.3. The van der Waals surface area contributed by atoms with Gasteiger partial charge in [-0.05, 0) is 24.6 Å². The number of hydrazone groups is 1. The topological polar surface area (TPSA) is 140 Å². The van der Waals surface area contributed by atoms with Crippen molar-refractivity contribution >= 4 is 23.8 Å². The highest BCUT2D eigenvalue weighted by molar-refractivity contribution is 6.37. The van der Waals surface area contributed by atoms with E-state index in [2.05, 4.69) is 20.1 Å². The average Bonchev–Trinajstić information content (AvgIpc) is 2.76. The quantitative estimate of drug-likeness (QED) is 0.264. The van der Waals surface area contributed by atoms with Crippen molar-refractivity contribution in [2.45, 2.75) is 39.2 Å². The molecule has 0 fully saturated rings. The Balaban J connectivity index is 1.85. The van der Waals surface area contributed by atoms with Crippen LogP contribution in [0.5, 0.6) is 0 Å². The first kappa shape index (κ1) is 24.5. The molecule has 0 spiro atoms. The van der Waals surface area contributed by atoms with Crippen molar-refractivity contribution in [1.82, 2.24) is 9.97 Å². The summed E-state index contributed by atoms with van der Waals surface area (Å²) in [5, 5.41) is 12.9. The molecule has 2 aromatic carbocycles. The molecule has 5 N–H and O–H groups in total. The molecule has 0 saturated heterocycles. The first-order chi connectivity index (χ1) is 16.1. The summed E-state index contributed by atoms with van der Waals surface area (Å²) >= 11 is 0. The number of carboxylic acid groups (broad SMARTS) is 1. The monoisotopic (exact) mass is 462 g/mol. The number of aryl methyl sites for hydroxylation is 1. The second-order valence-corrected chi connectivity index (χ2v) is 8.58. The average molecular weight is 463 g/mol. The maximum absolute atomic E-state index is 15.1. The lowest BCUT2D eigenvalue weighted by Crippen LogP contribution is -2.23. The fraction of sp³-hybridized carbons (Fsp3) is 0.240. The first-order valence-corrected chi connectivity index (χ1v) is 10.6. The molecule has 34 heavy (non-hydrogen) atoms. The van der Waals surface area contributed by atoms with Gasteiger partial charge in [0.1, 0.15) is 11.5 Å². The van der Waals surface area contributed by atoms with Crippen LogP contribution in [0.25, 0.3) is 11.3 Å². The maximum Gasteiger partial charge on any atom is 0.304 e. The van der Waals surface area contributed by atoms with Crippen molar-refractivity contribution in [1.29, 1.82) is 0 Å². The van der Waals surface area contributed by atoms with Crippen LogP contribution in [0.4, 0.5) is 10.3 Å². The molecule has 176 valence electrons. The number of hydrogen-bond acceptors (Lipinski definition) is 7. The number of halogens is 1. The SMILES string of the molecule is Cc1cccc(-c2cc(C(C=NCc3cccc(C(C)(C)CC(=O)O)c3F)=NN)nc(N)n2)c1. The van der Waals surface area contributed by atoms with Crippen LogP contribution < -0.4 is 11.6 Å². The smallest absolute Gasteiger partial charge is 0.304 e. The van der Waals surface area contributed by atoms with Gasteiger partial charge >= 0.3 is 5.97 Å². The number of aromatic nitrogens is 2. The Hall–Kier alpha value is -4.14. The molecule has 0 amide bonds. The number of nitrogen functional groups attached to an aromatic ring is 1. The molecule has 0 aliphatic carbocycles. The van der Waals surface area contributed by atoms with E-state index in [0.29, 0.717) is 22.5 Å². The Morgan fingerprint density at radius 3 is 2.59 bits per heavy atom. The molecule has 3 rings (SSSR count). The highest BCUT2D eigenvalue weighted by atomic mass is 19.1. The lowest BCUT2D eigenvalue weighted by molar-refractivity contribution is -0.138. The molecule has 0 saturated carbocycles. The number of anilines is 1. The number of carboxylic acids is 1. The fourth-order valence-corrected chi connectivity index (χ4v) is 3.64. The van der Waals surface area contributed by atoms with E-state index in [-0.39, 0.29) is 24.6 Å². The van der Waals surface area contributed by atoms with Crippen molar-refractivity contribution in [2.24, 2.45) is 15.9 Å². The number of benzene rings is 2. The van der Waals surface area contributed by atoms with Gasteiger partial charge in [-0.1, -0.05) is 55.8 Å². The molecule has 1 heterocycles. The van der Waals surface area contributed by atoms with E-state index in [1.54, 1.807) is 38.1 Å². The van der Waals surface area contributed by atoms with E-state index in [9.17, 15) is 4.79 Å². The largest absolute Gasteiger partial charge is 0.481 e. The highest BCUT2D eigenvalue weighted by Gasteiger charge is 2.28. The lowest BCUT2D eigenvalue weighted by Gasteiger charge is -2.24. The molecule has 0 aliphatic heterocycles. The van der Waals surface area contributed by atoms with Crippen LogP contribution in [-0.4, -0.2) is 33.0 Å². The van der Waals surface area contributed by atoms with Crippen LogP contribution in [0.15, 0.2) is 58.6 Å². The van der Waals surface area contributed by atoms with Crippen LogP contribution in [0.1, 0.15) is 42.7 Å². The molecule has 8 nitrogen and oxygen atoms in total. The zero-order chi connectivity index (χ0) is 24.9. The van der Waals surface area contributed by atoms with Crippen molar-refractivity contribution in [3.8, 4) is 11.3 Å². The van der Waals surface area contributed by atoms with Crippen LogP contribution in [-0.2, 0) is 16.8 Å². The summed E-state index contributed by atoms with van der Waals surface area (Å²) in [5.41, 5.74) is 8.87. The lowest BCUT2D eigenvalue weighted by atomic mass is 9.80. The zero-order valence-corrected chi connectivity index (χ0v) is 19.3. The van der Waals surface area contributed by atoms with Crippen molar-refractivity contribution in [3.05, 3.63) is 76.7 Å². The summed E-state index contributed by atoms with van der Waals surface area (Å²) in [5.74, 6) is 4.15. The third-order valence-corrected chi connectivity index (χ3v) is 5.33. The van der Waals surface area contributed by atoms with Gasteiger partial charge in [0, 0.05) is 16.5 Å². The summed E-state index contributed by atoms with van der Waals surface area (Å²) in [6.45, 7) is 5.37. The second kappa shape index (κ2) is 10.2. The molecule has 0 bridgehead atoms. The van der Waals surface area contributed by atoms with E-state index in [0.717, 1.165) is 11.1 Å². The molecule has 0 aliphatic rings. The number of nitrogens with zero attached hydrogens (tertiary/aromatic N) is 4. The van der Waals surface area contributed by atoms with Gasteiger partial charge in [-0.15, -0.1) is 0 Å². The Morgan fingerprint density at radius 2 is 1.91 bits per heavy atom. The molecule has 0 atom stereocenters. The van der Waals surface area contributed by atoms with Gasteiger partial charge < -0.3 is 16.7 Å². The number of nitrogens with two attached hydrogens (primary N) is 2. The number of carbonyl (C=O) groups is 1. The minimum atomic E-state index is -0.995. The number of rotatable bonds is 8. The normalized spacial score (nSPS) is 12.3. The van der Waals surface area contributed by atoms with Gasteiger partial charge in [-0.2, -0.15) is 5.10 Å². The number of aliphatic carboxylic acids is 1. The van der Waals surface area contributed by atoms with E-state index in [1.807, 2.05) is 31.2 Å². The Morgan fingerprint density at radius 1 is 1.18 bits per heavy atom. The Labute approximate surface area is 197 Å². The molecule has 9 heteroatoms. The second-order valence-electron chi connectivity index (χ2n) is 8.58. The van der Waals surface area contributed by atoms with Crippen molar-refractivity contribution < 1.29 is 14.3 Å². The van der Waals surface area contributed by atoms with Gasteiger partial charge in [-0.3, -0.25) is 9.79 Å². The van der Waals surface area contributed by atoms with Gasteiger partial charge in [0.2, 0.25) is 5.95 Å². The predicted molar refractivity (Wildman–Crippen MR) is 131 cm³/mol. The standard InChI is InChI=1S/C25H27FN6O2/c1-15-6-4-7-16(10-15)19-11-20(31-24(27)30-19)21(32-28)14-29-13-17-8-5-9-18(23(17)26)25(2,3)12-22(33)34/h4-11,14H,12-13,28H2,1-3H3,(H,33,34)(H2,27,30,31). The molecule has 0 radical (unpaired) electrons. The summed E-state index contributed by atoms with van der Waals surface area (Å²) in [6, 6.07) is 14.4. The molecular weight excluding hydrogens is 435 g/mol. The first-order valence-electron chi connectivity index (χ1n) is 10.6. The van der Waals surface area contributed by atoms with Gasteiger partial charge in [0.15, 0.2) is 0 Å². The molecule has 0 unspecified atom stereocenters. The van der Waals surface area contributed by atoms with E-state index in [1.165, 1.54) is 6.21 Å². The van der Waals surface area contributed by atoms with Crippen molar-refractivity contribution in [3.63, 3.8) is 0 Å². The molecular formula is C25H27FN6O2. The van der Waals surface area contributed by atoms with Crippen molar-refractivity contribution in [2.75, 3.05) is 5.73 Å². The maximum atomic E-state index is 15.1. The van der Waals surface area contributed by atoms with Gasteiger partial charge in [0.05, 0.1) is 30.6 Å². The van der Waals surface area contributed by atoms with Crippen LogP contribution in [0.3, 0.4) is 0 Å².